The summed E-state index contributed by atoms with van der Waals surface area (Å²) in [6.07, 6.45) is 4.76. The zero-order chi connectivity index (χ0) is 12.3. The van der Waals surface area contributed by atoms with Gasteiger partial charge in [-0.2, -0.15) is 0 Å². The van der Waals surface area contributed by atoms with Crippen LogP contribution in [0.3, 0.4) is 0 Å². The zero-order valence-electron chi connectivity index (χ0n) is 10.8. The molecule has 0 aromatic heterocycles. The maximum atomic E-state index is 12.4. The highest BCUT2D eigenvalue weighted by Gasteiger charge is 2.25. The lowest BCUT2D eigenvalue weighted by molar-refractivity contribution is 0.0693. The molecular formula is C14H21ClN2O. The number of amides is 1. The monoisotopic (exact) mass is 268 g/mol. The summed E-state index contributed by atoms with van der Waals surface area (Å²) in [6, 6.07) is 7.68. The van der Waals surface area contributed by atoms with Crippen LogP contribution in [0.4, 0.5) is 5.69 Å². The van der Waals surface area contributed by atoms with Gasteiger partial charge in [-0.25, -0.2) is 0 Å². The Morgan fingerprint density at radius 2 is 2.06 bits per heavy atom. The van der Waals surface area contributed by atoms with Crippen LogP contribution in [0.15, 0.2) is 24.3 Å². The van der Waals surface area contributed by atoms with Gasteiger partial charge in [0.2, 0.25) is 0 Å². The summed E-state index contributed by atoms with van der Waals surface area (Å²) < 4.78 is 0. The van der Waals surface area contributed by atoms with Crippen molar-refractivity contribution in [1.29, 1.82) is 0 Å². The van der Waals surface area contributed by atoms with Gasteiger partial charge in [0.15, 0.2) is 0 Å². The maximum absolute atomic E-state index is 12.4. The molecule has 0 bridgehead atoms. The molecule has 18 heavy (non-hydrogen) atoms. The molecule has 0 spiro atoms. The summed E-state index contributed by atoms with van der Waals surface area (Å²) in [6.45, 7) is 2.82. The van der Waals surface area contributed by atoms with E-state index >= 15 is 0 Å². The van der Waals surface area contributed by atoms with Gasteiger partial charge in [0.25, 0.3) is 5.91 Å². The van der Waals surface area contributed by atoms with Gasteiger partial charge < -0.3 is 10.6 Å². The highest BCUT2D eigenvalue weighted by molar-refractivity contribution is 5.95. The van der Waals surface area contributed by atoms with Gasteiger partial charge in [-0.15, -0.1) is 12.4 Å². The van der Waals surface area contributed by atoms with E-state index in [1.807, 2.05) is 30.0 Å². The summed E-state index contributed by atoms with van der Waals surface area (Å²) in [5, 5.41) is 0. The smallest absolute Gasteiger partial charge is 0.254 e. The molecule has 1 saturated carbocycles. The molecule has 100 valence electrons. The number of rotatable bonds is 3. The molecule has 0 radical (unpaired) electrons. The Labute approximate surface area is 115 Å². The van der Waals surface area contributed by atoms with Crippen LogP contribution in [0.5, 0.6) is 0 Å². The second kappa shape index (κ2) is 6.64. The average molecular weight is 269 g/mol. The Balaban J connectivity index is 0.00000162. The third-order valence-corrected chi connectivity index (χ3v) is 3.50. The van der Waals surface area contributed by atoms with Crippen LogP contribution in [-0.2, 0) is 0 Å². The van der Waals surface area contributed by atoms with E-state index in [4.69, 9.17) is 5.73 Å². The second-order valence-corrected chi connectivity index (χ2v) is 4.65. The summed E-state index contributed by atoms with van der Waals surface area (Å²) in [5.41, 5.74) is 7.08. The minimum Gasteiger partial charge on any atom is -0.399 e. The number of anilines is 1. The summed E-state index contributed by atoms with van der Waals surface area (Å²) >= 11 is 0. The van der Waals surface area contributed by atoms with E-state index in [1.165, 1.54) is 12.8 Å². The minimum absolute atomic E-state index is 0. The fraction of sp³-hybridized carbons (Fsp3) is 0.500. The SMILES string of the molecule is CCN(C(=O)c1cccc(N)c1)C1CCCC1.Cl. The minimum atomic E-state index is 0. The molecule has 0 saturated heterocycles. The molecule has 3 nitrogen and oxygen atoms in total. The van der Waals surface area contributed by atoms with Crippen LogP contribution < -0.4 is 5.73 Å². The molecule has 0 atom stereocenters. The van der Waals surface area contributed by atoms with Crippen LogP contribution in [0.2, 0.25) is 0 Å². The van der Waals surface area contributed by atoms with E-state index in [1.54, 1.807) is 6.07 Å². The number of carbonyl (C=O) groups excluding carboxylic acids is 1. The Hall–Kier alpha value is -1.22. The summed E-state index contributed by atoms with van der Waals surface area (Å²) in [5.74, 6) is 0.117. The first-order valence-electron chi connectivity index (χ1n) is 6.39. The van der Waals surface area contributed by atoms with Crippen molar-refractivity contribution in [3.8, 4) is 0 Å². The molecule has 1 aliphatic carbocycles. The van der Waals surface area contributed by atoms with E-state index in [0.29, 0.717) is 17.3 Å². The largest absolute Gasteiger partial charge is 0.399 e. The molecule has 0 unspecified atom stereocenters. The fourth-order valence-corrected chi connectivity index (χ4v) is 2.62. The number of nitrogens with zero attached hydrogens (tertiary/aromatic N) is 1. The molecule has 1 aliphatic rings. The van der Waals surface area contributed by atoms with Gasteiger partial charge in [0, 0.05) is 23.8 Å². The summed E-state index contributed by atoms with van der Waals surface area (Å²) in [7, 11) is 0. The number of carbonyl (C=O) groups is 1. The van der Waals surface area contributed by atoms with Gasteiger partial charge in [-0.1, -0.05) is 18.9 Å². The number of benzene rings is 1. The molecule has 1 aromatic carbocycles. The average Bonchev–Trinajstić information content (AvgIpc) is 2.83. The van der Waals surface area contributed by atoms with Gasteiger partial charge in [-0.05, 0) is 38.0 Å². The van der Waals surface area contributed by atoms with Crippen LogP contribution in [0.1, 0.15) is 43.0 Å². The van der Waals surface area contributed by atoms with E-state index in [-0.39, 0.29) is 18.3 Å². The zero-order valence-corrected chi connectivity index (χ0v) is 11.6. The molecule has 1 fully saturated rings. The van der Waals surface area contributed by atoms with E-state index in [9.17, 15) is 4.79 Å². The van der Waals surface area contributed by atoms with Gasteiger partial charge in [0.05, 0.1) is 0 Å². The van der Waals surface area contributed by atoms with Crippen LogP contribution >= 0.6 is 12.4 Å². The van der Waals surface area contributed by atoms with Crippen LogP contribution in [0.25, 0.3) is 0 Å². The van der Waals surface area contributed by atoms with Crippen molar-refractivity contribution in [2.24, 2.45) is 0 Å². The third kappa shape index (κ3) is 3.16. The molecule has 1 aromatic rings. The standard InChI is InChI=1S/C14H20N2O.ClH/c1-2-16(13-8-3-4-9-13)14(17)11-6-5-7-12(15)10-11;/h5-7,10,13H,2-4,8-9,15H2,1H3;1H. The molecule has 2 N–H and O–H groups in total. The molecule has 2 rings (SSSR count). The number of hydrogen-bond acceptors (Lipinski definition) is 2. The fourth-order valence-electron chi connectivity index (χ4n) is 2.62. The van der Waals surface area contributed by atoms with E-state index < -0.39 is 0 Å². The van der Waals surface area contributed by atoms with Gasteiger partial charge in [-0.3, -0.25) is 4.79 Å². The van der Waals surface area contributed by atoms with E-state index in [2.05, 4.69) is 0 Å². The summed E-state index contributed by atoms with van der Waals surface area (Å²) in [4.78, 5) is 14.4. The Kier molecular flexibility index (Phi) is 5.48. The number of nitrogens with two attached hydrogens (primary N) is 1. The number of halogens is 1. The van der Waals surface area contributed by atoms with Crippen molar-refractivity contribution < 1.29 is 4.79 Å². The lowest BCUT2D eigenvalue weighted by Gasteiger charge is -2.27. The predicted molar refractivity (Wildman–Crippen MR) is 77.1 cm³/mol. The van der Waals surface area contributed by atoms with Crippen molar-refractivity contribution in [3.05, 3.63) is 29.8 Å². The second-order valence-electron chi connectivity index (χ2n) is 4.65. The van der Waals surface area contributed by atoms with Crippen molar-refractivity contribution in [1.82, 2.24) is 4.90 Å². The van der Waals surface area contributed by atoms with E-state index in [0.717, 1.165) is 19.4 Å². The van der Waals surface area contributed by atoms with Crippen molar-refractivity contribution in [2.75, 3.05) is 12.3 Å². The van der Waals surface area contributed by atoms with Gasteiger partial charge >= 0.3 is 0 Å². The molecule has 0 aliphatic heterocycles. The highest BCUT2D eigenvalue weighted by atomic mass is 35.5. The van der Waals surface area contributed by atoms with Crippen molar-refractivity contribution in [2.45, 2.75) is 38.6 Å². The molecule has 0 heterocycles. The van der Waals surface area contributed by atoms with Crippen LogP contribution in [-0.4, -0.2) is 23.4 Å². The van der Waals surface area contributed by atoms with Crippen molar-refractivity contribution in [3.63, 3.8) is 0 Å². The molecule has 1 amide bonds. The number of hydrogen-bond donors (Lipinski definition) is 1. The quantitative estimate of drug-likeness (QED) is 0.857. The lowest BCUT2D eigenvalue weighted by atomic mass is 10.1. The first-order chi connectivity index (χ1) is 8.22. The third-order valence-electron chi connectivity index (χ3n) is 3.50. The predicted octanol–water partition coefficient (Wildman–Crippen LogP) is 3.10. The highest BCUT2D eigenvalue weighted by Crippen LogP contribution is 2.25. The van der Waals surface area contributed by atoms with Crippen LogP contribution in [0, 0.1) is 0 Å². The normalized spacial score (nSPS) is 15.2. The Morgan fingerprint density at radius 3 is 2.61 bits per heavy atom. The first kappa shape index (κ1) is 14.8. The lowest BCUT2D eigenvalue weighted by Crippen LogP contribution is -2.38. The Bertz CT molecular complexity index is 403. The van der Waals surface area contributed by atoms with Crippen molar-refractivity contribution >= 4 is 24.0 Å². The topological polar surface area (TPSA) is 46.3 Å². The molecule has 4 heteroatoms. The molecular weight excluding hydrogens is 248 g/mol. The maximum Gasteiger partial charge on any atom is 0.254 e. The Morgan fingerprint density at radius 1 is 1.39 bits per heavy atom. The number of nitrogen functional groups attached to an aromatic ring is 1. The van der Waals surface area contributed by atoms with Gasteiger partial charge in [0.1, 0.15) is 0 Å². The first-order valence-corrected chi connectivity index (χ1v) is 6.39.